The van der Waals surface area contributed by atoms with Gasteiger partial charge in [-0.15, -0.1) is 0 Å². The Kier molecular flexibility index (Phi) is 15.8. The highest BCUT2D eigenvalue weighted by Crippen LogP contribution is 2.65. The molecule has 58 heavy (non-hydrogen) atoms. The van der Waals surface area contributed by atoms with Crippen molar-refractivity contribution in [3.8, 4) is 0 Å². The molecule has 5 rings (SSSR count). The molecule has 5 amide bonds. The second-order valence-corrected chi connectivity index (χ2v) is 18.3. The van der Waals surface area contributed by atoms with Gasteiger partial charge in [0.2, 0.25) is 29.5 Å². The lowest BCUT2D eigenvalue weighted by Crippen LogP contribution is -2.65. The second-order valence-electron chi connectivity index (χ2n) is 18.3. The van der Waals surface area contributed by atoms with Gasteiger partial charge in [-0.25, -0.2) is 0 Å². The zero-order chi connectivity index (χ0) is 43.3. The number of hydrogen-bond acceptors (Lipinski definition) is 10. The van der Waals surface area contributed by atoms with Gasteiger partial charge in [0, 0.05) is 13.0 Å². The van der Waals surface area contributed by atoms with Crippen LogP contribution in [0.15, 0.2) is 0 Å². The van der Waals surface area contributed by atoms with E-state index in [2.05, 4.69) is 49.0 Å². The molecule has 0 aromatic carbocycles. The number of nitrogens with zero attached hydrogens (tertiary/aromatic N) is 1. The fraction of sp³-hybridized carbons (Fsp3) is 0.825. The molecule has 0 radical (unpaired) electrons. The van der Waals surface area contributed by atoms with Crippen molar-refractivity contribution in [2.45, 2.75) is 174 Å². The molecule has 0 unspecified atom stereocenters. The summed E-state index contributed by atoms with van der Waals surface area (Å²) in [5.41, 5.74) is 5.38. The molecule has 0 aromatic rings. The Bertz CT molecular complexity index is 1550. The largest absolute Gasteiger partial charge is 0.481 e. The highest BCUT2D eigenvalue weighted by Gasteiger charge is 2.68. The molecule has 3 saturated carbocycles. The van der Waals surface area contributed by atoms with Gasteiger partial charge in [0.15, 0.2) is 0 Å². The normalized spacial score (nSPS) is 27.1. The molecule has 18 heteroatoms. The highest BCUT2D eigenvalue weighted by atomic mass is 16.7. The van der Waals surface area contributed by atoms with E-state index in [1.807, 2.05) is 0 Å². The van der Waals surface area contributed by atoms with Crippen LogP contribution in [0.1, 0.15) is 126 Å². The number of carboxylic acids is 2. The maximum absolute atomic E-state index is 14.3. The standard InChI is InChI=1S/C40H67BN6O11/c1-9-10-11-14-29(41-57-28-19-23-18-27(39(23,6)7)40(28,8)58-41)44-36(54)26-13-12-17-47(26)38(56)33(22(4)5)46-37(55)32(21(2)3)45-35(53)25(15-16-30(48)49)43-34(52)24(42)20-31(50)51/h21-29,32-33H,9-20,42H2,1-8H3,(H,43,52)(H,44,54)(H,45,53)(H,46,55)(H,48,49)(H,50,51)/t23-,24-,25-,26-,27+,28+,29-,32-,33-,40-/m0/s1. The third kappa shape index (κ3) is 10.7. The zero-order valence-electron chi connectivity index (χ0n) is 35.5. The molecule has 17 nitrogen and oxygen atoms in total. The second kappa shape index (κ2) is 19.5. The number of nitrogens with two attached hydrogens (primary N) is 1. The molecule has 2 bridgehead atoms. The van der Waals surface area contributed by atoms with Crippen LogP contribution in [0.5, 0.6) is 0 Å². The Morgan fingerprint density at radius 1 is 0.845 bits per heavy atom. The van der Waals surface area contributed by atoms with Crippen molar-refractivity contribution in [2.24, 2.45) is 34.8 Å². The van der Waals surface area contributed by atoms with Crippen LogP contribution in [0, 0.1) is 29.1 Å². The summed E-state index contributed by atoms with van der Waals surface area (Å²) < 4.78 is 13.4. The van der Waals surface area contributed by atoms with Crippen LogP contribution in [-0.4, -0.2) is 118 Å². The van der Waals surface area contributed by atoms with Gasteiger partial charge in [-0.3, -0.25) is 33.6 Å². The smallest absolute Gasteiger partial charge is 0.481 e. The summed E-state index contributed by atoms with van der Waals surface area (Å²) in [4.78, 5) is 92.2. The van der Waals surface area contributed by atoms with Gasteiger partial charge in [0.25, 0.3) is 0 Å². The fourth-order valence-electron chi connectivity index (χ4n) is 9.36. The van der Waals surface area contributed by atoms with Crippen LogP contribution in [0.25, 0.3) is 0 Å². The molecule has 3 aliphatic carbocycles. The fourth-order valence-corrected chi connectivity index (χ4v) is 9.36. The minimum absolute atomic E-state index is 0.0456. The van der Waals surface area contributed by atoms with Gasteiger partial charge in [-0.05, 0) is 74.5 Å². The lowest BCUT2D eigenvalue weighted by Gasteiger charge is -2.64. The van der Waals surface area contributed by atoms with Gasteiger partial charge in [-0.1, -0.05) is 67.7 Å². The first-order valence-corrected chi connectivity index (χ1v) is 21.2. The number of carbonyl (C=O) groups is 7. The number of likely N-dealkylation sites (tertiary alicyclic amines) is 1. The maximum atomic E-state index is 14.3. The number of hydrogen-bond donors (Lipinski definition) is 7. The molecular weight excluding hydrogens is 751 g/mol. The molecule has 0 spiro atoms. The summed E-state index contributed by atoms with van der Waals surface area (Å²) in [6.45, 7) is 16.0. The summed E-state index contributed by atoms with van der Waals surface area (Å²) in [5, 5.41) is 29.1. The van der Waals surface area contributed by atoms with Crippen molar-refractivity contribution in [3.63, 3.8) is 0 Å². The van der Waals surface area contributed by atoms with Crippen LogP contribution >= 0.6 is 0 Å². The predicted octanol–water partition coefficient (Wildman–Crippen LogP) is 1.74. The lowest BCUT2D eigenvalue weighted by atomic mass is 9.43. The van der Waals surface area contributed by atoms with Crippen molar-refractivity contribution < 1.29 is 53.1 Å². The van der Waals surface area contributed by atoms with Crippen molar-refractivity contribution in [1.82, 2.24) is 26.2 Å². The number of aliphatic carboxylic acids is 2. The number of nitrogens with one attached hydrogen (secondary N) is 4. The van der Waals surface area contributed by atoms with Crippen molar-refractivity contribution in [2.75, 3.05) is 6.54 Å². The van der Waals surface area contributed by atoms with Crippen molar-refractivity contribution >= 4 is 48.6 Å². The summed E-state index contributed by atoms with van der Waals surface area (Å²) >= 11 is 0. The minimum Gasteiger partial charge on any atom is -0.481 e. The quantitative estimate of drug-likeness (QED) is 0.0646. The van der Waals surface area contributed by atoms with E-state index in [4.69, 9.17) is 20.1 Å². The molecule has 5 aliphatic rings. The number of carbonyl (C=O) groups excluding carboxylic acids is 5. The number of carboxylic acid groups (broad SMARTS) is 2. The molecule has 5 fully saturated rings. The zero-order valence-corrected chi connectivity index (χ0v) is 35.5. The molecular formula is C40H67BN6O11. The summed E-state index contributed by atoms with van der Waals surface area (Å²) in [6, 6.07) is -6.00. The topological polar surface area (TPSA) is 256 Å². The summed E-state index contributed by atoms with van der Waals surface area (Å²) in [5.74, 6) is -6.27. The van der Waals surface area contributed by atoms with E-state index >= 15 is 0 Å². The highest BCUT2D eigenvalue weighted by molar-refractivity contribution is 6.48. The van der Waals surface area contributed by atoms with Crippen molar-refractivity contribution in [1.29, 1.82) is 0 Å². The summed E-state index contributed by atoms with van der Waals surface area (Å²) in [6.07, 6.45) is 4.94. The lowest BCUT2D eigenvalue weighted by molar-refractivity contribution is -0.199. The molecule has 2 saturated heterocycles. The third-order valence-electron chi connectivity index (χ3n) is 13.1. The van der Waals surface area contributed by atoms with E-state index in [0.29, 0.717) is 37.6 Å². The SMILES string of the molecule is CCCCC[C@H](NC(=O)[C@@H]1CCCN1C(=O)[C@@H](NC(=O)[C@@H](NC(=O)[C@H](CCC(=O)O)NC(=O)[C@@H](N)CC(=O)O)C(C)C)C(C)C)B1O[C@@H]2C[C@@H]3C[C@H](C3(C)C)[C@]2(C)O1. The Labute approximate surface area is 342 Å². The Morgan fingerprint density at radius 2 is 1.50 bits per heavy atom. The van der Waals surface area contributed by atoms with Crippen LogP contribution < -0.4 is 27.0 Å². The molecule has 2 aliphatic heterocycles. The van der Waals surface area contributed by atoms with Crippen LogP contribution in [0.3, 0.4) is 0 Å². The van der Waals surface area contributed by atoms with E-state index in [1.165, 1.54) is 4.90 Å². The van der Waals surface area contributed by atoms with Gasteiger partial charge < -0.3 is 51.4 Å². The van der Waals surface area contributed by atoms with E-state index in [-0.39, 0.29) is 23.8 Å². The van der Waals surface area contributed by atoms with Crippen LogP contribution in [0.4, 0.5) is 0 Å². The number of amides is 5. The van der Waals surface area contributed by atoms with E-state index in [1.54, 1.807) is 27.7 Å². The third-order valence-corrected chi connectivity index (χ3v) is 13.1. The van der Waals surface area contributed by atoms with E-state index < -0.39 is 109 Å². The van der Waals surface area contributed by atoms with Crippen LogP contribution in [0.2, 0.25) is 0 Å². The van der Waals surface area contributed by atoms with Gasteiger partial charge >= 0.3 is 19.1 Å². The molecule has 326 valence electrons. The van der Waals surface area contributed by atoms with E-state index in [0.717, 1.165) is 32.1 Å². The maximum Gasteiger partial charge on any atom is 0.481 e. The Hall–Kier alpha value is -3.77. The molecule has 10 atom stereocenters. The van der Waals surface area contributed by atoms with Gasteiger partial charge in [0.1, 0.15) is 24.2 Å². The van der Waals surface area contributed by atoms with Crippen LogP contribution in [-0.2, 0) is 42.9 Å². The van der Waals surface area contributed by atoms with Gasteiger partial charge in [-0.2, -0.15) is 0 Å². The molecule has 2 heterocycles. The predicted molar refractivity (Wildman–Crippen MR) is 213 cm³/mol. The number of rotatable bonds is 21. The Morgan fingerprint density at radius 3 is 2.09 bits per heavy atom. The Balaban J connectivity index is 1.45. The first kappa shape index (κ1) is 46.9. The minimum atomic E-state index is -1.50. The monoisotopic (exact) mass is 818 g/mol. The average Bonchev–Trinajstić information content (AvgIpc) is 3.77. The van der Waals surface area contributed by atoms with Crippen molar-refractivity contribution in [3.05, 3.63) is 0 Å². The first-order chi connectivity index (χ1) is 27.1. The van der Waals surface area contributed by atoms with Gasteiger partial charge in [0.05, 0.1) is 30.1 Å². The molecule has 8 N–H and O–H groups in total. The average molecular weight is 819 g/mol. The summed E-state index contributed by atoms with van der Waals surface area (Å²) in [7, 11) is -0.610. The number of unbranched alkanes of at least 4 members (excludes halogenated alkanes) is 2. The van der Waals surface area contributed by atoms with E-state index in [9.17, 15) is 38.7 Å². The first-order valence-electron chi connectivity index (χ1n) is 21.2. The molecule has 0 aromatic heterocycles.